The van der Waals surface area contributed by atoms with E-state index < -0.39 is 0 Å². The maximum atomic E-state index is 6.46. The van der Waals surface area contributed by atoms with Gasteiger partial charge in [-0.3, -0.25) is 0 Å². The molecule has 7 rings (SSSR count). The van der Waals surface area contributed by atoms with Crippen molar-refractivity contribution in [1.29, 1.82) is 0 Å². The third kappa shape index (κ3) is 4.45. The summed E-state index contributed by atoms with van der Waals surface area (Å²) in [6.45, 7) is 2.09. The van der Waals surface area contributed by atoms with Gasteiger partial charge in [0.2, 0.25) is 11.8 Å². The molecule has 3 aromatic carbocycles. The second-order valence-corrected chi connectivity index (χ2v) is 9.54. The van der Waals surface area contributed by atoms with E-state index in [4.69, 9.17) is 24.4 Å². The number of nitrogens with zero attached hydrogens (tertiary/aromatic N) is 7. The fourth-order valence-electron chi connectivity index (χ4n) is 5.09. The molecule has 1 aliphatic rings. The van der Waals surface area contributed by atoms with Crippen LogP contribution in [0.2, 0.25) is 0 Å². The van der Waals surface area contributed by atoms with Crippen molar-refractivity contribution in [3.8, 4) is 23.2 Å². The molecule has 1 unspecified atom stereocenters. The molecule has 202 valence electrons. The molecule has 6 aromatic rings. The normalized spacial score (nSPS) is 14.0. The van der Waals surface area contributed by atoms with Gasteiger partial charge in [-0.2, -0.15) is 5.10 Å². The van der Waals surface area contributed by atoms with Crippen LogP contribution in [-0.4, -0.2) is 42.7 Å². The van der Waals surface area contributed by atoms with Crippen LogP contribution in [0.5, 0.6) is 17.5 Å². The molecular weight excluding hydrogens is 518 g/mol. The molecule has 0 fully saturated rings. The van der Waals surface area contributed by atoms with Crippen molar-refractivity contribution in [3.05, 3.63) is 125 Å². The predicted molar refractivity (Wildman–Crippen MR) is 152 cm³/mol. The van der Waals surface area contributed by atoms with E-state index in [0.717, 1.165) is 39.4 Å². The second-order valence-electron chi connectivity index (χ2n) is 9.54. The highest BCUT2D eigenvalue weighted by molar-refractivity contribution is 5.79. The van der Waals surface area contributed by atoms with Gasteiger partial charge in [-0.25, -0.2) is 19.2 Å². The lowest BCUT2D eigenvalue weighted by atomic mass is 9.84. The van der Waals surface area contributed by atoms with Crippen molar-refractivity contribution in [2.45, 2.75) is 19.4 Å². The Bertz CT molecular complexity index is 1860. The van der Waals surface area contributed by atoms with E-state index in [2.05, 4.69) is 27.4 Å². The first-order valence-electron chi connectivity index (χ1n) is 13.1. The summed E-state index contributed by atoms with van der Waals surface area (Å²) in [6, 6.07) is 27.7. The van der Waals surface area contributed by atoms with Gasteiger partial charge < -0.3 is 14.3 Å². The number of aryl methyl sites for hydroxylation is 1. The van der Waals surface area contributed by atoms with Crippen LogP contribution < -0.4 is 9.47 Å². The average Bonchev–Trinajstić information content (AvgIpc) is 3.60. The number of para-hydroxylation sites is 1. The van der Waals surface area contributed by atoms with Gasteiger partial charge in [-0.1, -0.05) is 53.7 Å². The van der Waals surface area contributed by atoms with E-state index in [0.29, 0.717) is 23.2 Å². The van der Waals surface area contributed by atoms with E-state index in [1.165, 1.54) is 0 Å². The monoisotopic (exact) mass is 543 g/mol. The average molecular weight is 544 g/mol. The zero-order chi connectivity index (χ0) is 27.8. The Kier molecular flexibility index (Phi) is 6.12. The molecule has 0 amide bonds. The zero-order valence-corrected chi connectivity index (χ0v) is 22.4. The molecule has 0 N–H and O–H groups in total. The largest absolute Gasteiger partial charge is 0.497 e. The van der Waals surface area contributed by atoms with Gasteiger partial charge in [0.05, 0.1) is 41.8 Å². The minimum absolute atomic E-state index is 0.0934. The van der Waals surface area contributed by atoms with Crippen LogP contribution in [0.3, 0.4) is 0 Å². The number of ether oxygens (including phenoxy) is 2. The number of benzene rings is 3. The number of methoxy groups -OCH3 is 1. The van der Waals surface area contributed by atoms with Crippen LogP contribution >= 0.6 is 0 Å². The highest BCUT2D eigenvalue weighted by Crippen LogP contribution is 2.49. The molecular formula is C31H25N7O3. The summed E-state index contributed by atoms with van der Waals surface area (Å²) in [6.07, 6.45) is 3.24. The Morgan fingerprint density at radius 2 is 1.68 bits per heavy atom. The van der Waals surface area contributed by atoms with E-state index in [9.17, 15) is 0 Å². The quantitative estimate of drug-likeness (QED) is 0.194. The topological polar surface area (TPSA) is 101 Å². The van der Waals surface area contributed by atoms with Crippen LogP contribution in [0.25, 0.3) is 11.3 Å². The first-order valence-corrected chi connectivity index (χ1v) is 13.1. The molecule has 41 heavy (non-hydrogen) atoms. The summed E-state index contributed by atoms with van der Waals surface area (Å²) in [5.41, 5.74) is 6.16. The third-order valence-corrected chi connectivity index (χ3v) is 6.98. The van der Waals surface area contributed by atoms with Crippen molar-refractivity contribution in [1.82, 2.24) is 29.4 Å². The van der Waals surface area contributed by atoms with Crippen molar-refractivity contribution in [2.75, 3.05) is 7.11 Å². The summed E-state index contributed by atoms with van der Waals surface area (Å²) in [7, 11) is 1.63. The maximum Gasteiger partial charge on any atom is 0.230 e. The number of hydrogen-bond donors (Lipinski definition) is 0. The molecule has 0 bridgehead atoms. The van der Waals surface area contributed by atoms with E-state index >= 15 is 0 Å². The first-order chi connectivity index (χ1) is 20.2. The van der Waals surface area contributed by atoms with Gasteiger partial charge >= 0.3 is 0 Å². The smallest absolute Gasteiger partial charge is 0.230 e. The lowest BCUT2D eigenvalue weighted by Gasteiger charge is -2.26. The SMILES string of the molecule is COc1ccc(C=NOCc2nc3c4c(ncn3n2)Oc2c(c(C)nn2-c2ccccc2)C4c2ccccc2)cc1. The Morgan fingerprint density at radius 1 is 0.927 bits per heavy atom. The van der Waals surface area contributed by atoms with Gasteiger partial charge in [0.25, 0.3) is 0 Å². The number of rotatable bonds is 7. The molecule has 10 heteroatoms. The Balaban J connectivity index is 1.26. The third-order valence-electron chi connectivity index (χ3n) is 6.98. The molecule has 1 aliphatic heterocycles. The molecule has 0 aliphatic carbocycles. The first kappa shape index (κ1) is 24.5. The summed E-state index contributed by atoms with van der Waals surface area (Å²) in [4.78, 5) is 15.0. The lowest BCUT2D eigenvalue weighted by molar-refractivity contribution is 0.126. The molecule has 4 heterocycles. The highest BCUT2D eigenvalue weighted by atomic mass is 16.6. The van der Waals surface area contributed by atoms with Crippen LogP contribution in [0, 0.1) is 6.92 Å². The van der Waals surface area contributed by atoms with Crippen LogP contribution in [0.4, 0.5) is 0 Å². The Labute approximate surface area is 235 Å². The number of oxime groups is 1. The Hall–Kier alpha value is -5.51. The molecule has 10 nitrogen and oxygen atoms in total. The van der Waals surface area contributed by atoms with Gasteiger partial charge in [-0.15, -0.1) is 5.10 Å². The van der Waals surface area contributed by atoms with Gasteiger partial charge in [0.15, 0.2) is 18.1 Å². The van der Waals surface area contributed by atoms with Crippen LogP contribution in [-0.2, 0) is 11.4 Å². The Morgan fingerprint density at radius 3 is 2.44 bits per heavy atom. The predicted octanol–water partition coefficient (Wildman–Crippen LogP) is 5.46. The van der Waals surface area contributed by atoms with E-state index in [1.54, 1.807) is 24.2 Å². The van der Waals surface area contributed by atoms with Crippen LogP contribution in [0.1, 0.15) is 39.7 Å². The summed E-state index contributed by atoms with van der Waals surface area (Å²) >= 11 is 0. The molecule has 1 atom stereocenters. The van der Waals surface area contributed by atoms with E-state index in [1.807, 2.05) is 84.4 Å². The summed E-state index contributed by atoms with van der Waals surface area (Å²) in [5.74, 6) is 2.15. The van der Waals surface area contributed by atoms with Crippen molar-refractivity contribution >= 4 is 11.9 Å². The summed E-state index contributed by atoms with van der Waals surface area (Å²) in [5, 5.41) is 13.5. The molecule has 0 radical (unpaired) electrons. The number of aromatic nitrogens is 6. The van der Waals surface area contributed by atoms with Gasteiger partial charge in [0, 0.05) is 0 Å². The molecule has 0 saturated carbocycles. The standard InChI is InChI=1S/C31H25N7O3/c1-20-26-27(22-9-5-3-6-10-22)28-29-34-25(18-40-33-17-21-13-15-24(39-2)16-14-21)36-37(29)19-32-30(28)41-31(26)38(35-20)23-11-7-4-8-12-23/h3-17,19,27H,18H2,1-2H3. The van der Waals surface area contributed by atoms with Crippen LogP contribution in [0.15, 0.2) is 96.4 Å². The number of fused-ring (bicyclic) bond motifs is 4. The molecule has 3 aromatic heterocycles. The lowest BCUT2D eigenvalue weighted by Crippen LogP contribution is -2.16. The highest BCUT2D eigenvalue weighted by Gasteiger charge is 2.38. The van der Waals surface area contributed by atoms with Crippen molar-refractivity contribution in [2.24, 2.45) is 5.16 Å². The maximum absolute atomic E-state index is 6.46. The van der Waals surface area contributed by atoms with Gasteiger partial charge in [0.1, 0.15) is 12.1 Å². The van der Waals surface area contributed by atoms with Crippen molar-refractivity contribution in [3.63, 3.8) is 0 Å². The minimum Gasteiger partial charge on any atom is -0.497 e. The van der Waals surface area contributed by atoms with E-state index in [-0.39, 0.29) is 12.5 Å². The van der Waals surface area contributed by atoms with Gasteiger partial charge in [-0.05, 0) is 54.4 Å². The summed E-state index contributed by atoms with van der Waals surface area (Å²) < 4.78 is 15.1. The molecule has 0 saturated heterocycles. The zero-order valence-electron chi connectivity index (χ0n) is 22.4. The second kappa shape index (κ2) is 10.2. The fraction of sp³-hybridized carbons (Fsp3) is 0.129. The fourth-order valence-corrected chi connectivity index (χ4v) is 5.09. The van der Waals surface area contributed by atoms with Crippen molar-refractivity contribution < 1.29 is 14.3 Å². The molecule has 0 spiro atoms. The minimum atomic E-state index is -0.213. The number of hydrogen-bond acceptors (Lipinski definition) is 8.